The van der Waals surface area contributed by atoms with Crippen molar-refractivity contribution in [2.45, 2.75) is 6.42 Å². The summed E-state index contributed by atoms with van der Waals surface area (Å²) in [4.78, 5) is 32.5. The van der Waals surface area contributed by atoms with Gasteiger partial charge >= 0.3 is 17.3 Å². The number of ether oxygens (including phenoxy) is 3. The van der Waals surface area contributed by atoms with Gasteiger partial charge in [0.15, 0.2) is 0 Å². The maximum Gasteiger partial charge on any atom is 0.319 e. The molecule has 0 fully saturated rings. The number of nitrogens with zero attached hydrogens (tertiary/aromatic N) is 2. The van der Waals surface area contributed by atoms with E-state index in [1.807, 2.05) is 0 Å². The van der Waals surface area contributed by atoms with E-state index in [9.17, 15) is 25.0 Å². The molecule has 0 aliphatic rings. The number of esters is 1. The Kier molecular flexibility index (Phi) is 5.68. The Balaban J connectivity index is 2.52. The predicted molar refractivity (Wildman–Crippen MR) is 88.5 cm³/mol. The topological polar surface area (TPSA) is 131 Å². The summed E-state index contributed by atoms with van der Waals surface area (Å²) in [5.74, 6) is -0.538. The summed E-state index contributed by atoms with van der Waals surface area (Å²) >= 11 is 0. The maximum absolute atomic E-state index is 11.4. The first-order valence-electron chi connectivity index (χ1n) is 7.20. The molecule has 0 radical (unpaired) electrons. The van der Waals surface area contributed by atoms with Gasteiger partial charge in [-0.15, -0.1) is 0 Å². The fourth-order valence-corrected chi connectivity index (χ4v) is 2.13. The molecule has 0 saturated carbocycles. The lowest BCUT2D eigenvalue weighted by Crippen LogP contribution is -2.06. The molecular formula is C16H14N2O8. The van der Waals surface area contributed by atoms with Crippen LogP contribution in [0.15, 0.2) is 36.4 Å². The average Bonchev–Trinajstić information content (AvgIpc) is 2.62. The van der Waals surface area contributed by atoms with Crippen molar-refractivity contribution in [3.8, 4) is 17.2 Å². The molecule has 2 aromatic carbocycles. The Morgan fingerprint density at radius 3 is 1.88 bits per heavy atom. The number of methoxy groups -OCH3 is 2. The van der Waals surface area contributed by atoms with E-state index < -0.39 is 32.9 Å². The van der Waals surface area contributed by atoms with E-state index in [0.717, 1.165) is 19.2 Å². The van der Waals surface area contributed by atoms with E-state index in [2.05, 4.69) is 4.74 Å². The van der Waals surface area contributed by atoms with Gasteiger partial charge in [0.05, 0.1) is 30.5 Å². The van der Waals surface area contributed by atoms with E-state index in [4.69, 9.17) is 9.47 Å². The molecule has 2 aromatic rings. The maximum atomic E-state index is 11.4. The highest BCUT2D eigenvalue weighted by atomic mass is 16.6. The van der Waals surface area contributed by atoms with Gasteiger partial charge < -0.3 is 14.2 Å². The fourth-order valence-electron chi connectivity index (χ4n) is 2.13. The number of hydrogen-bond acceptors (Lipinski definition) is 8. The van der Waals surface area contributed by atoms with Gasteiger partial charge in [-0.25, -0.2) is 0 Å². The van der Waals surface area contributed by atoms with Crippen LogP contribution < -0.4 is 9.47 Å². The van der Waals surface area contributed by atoms with E-state index in [1.165, 1.54) is 19.2 Å². The molecule has 0 spiro atoms. The normalized spacial score (nSPS) is 10.1. The van der Waals surface area contributed by atoms with Gasteiger partial charge in [0, 0.05) is 12.1 Å². The summed E-state index contributed by atoms with van der Waals surface area (Å²) in [6.07, 6.45) is -0.346. The minimum atomic E-state index is -0.813. The zero-order valence-corrected chi connectivity index (χ0v) is 13.8. The molecule has 0 unspecified atom stereocenters. The average molecular weight is 362 g/mol. The smallest absolute Gasteiger partial charge is 0.319 e. The summed E-state index contributed by atoms with van der Waals surface area (Å²) in [7, 11) is 2.61. The monoisotopic (exact) mass is 362 g/mol. The molecule has 136 valence electrons. The highest BCUT2D eigenvalue weighted by molar-refractivity contribution is 5.74. The number of nitro benzene ring substituents is 2. The summed E-state index contributed by atoms with van der Waals surface area (Å²) in [5.41, 5.74) is -1.19. The minimum Gasteiger partial charge on any atom is -0.497 e. The summed E-state index contributed by atoms with van der Waals surface area (Å²) in [6.45, 7) is 0. The van der Waals surface area contributed by atoms with Crippen LogP contribution in [0.25, 0.3) is 0 Å². The summed E-state index contributed by atoms with van der Waals surface area (Å²) < 4.78 is 14.9. The molecule has 0 saturated heterocycles. The summed E-state index contributed by atoms with van der Waals surface area (Å²) in [5, 5.41) is 22.7. The molecule has 0 aromatic heterocycles. The van der Waals surface area contributed by atoms with Crippen molar-refractivity contribution in [3.63, 3.8) is 0 Å². The third-order valence-corrected chi connectivity index (χ3v) is 3.36. The van der Waals surface area contributed by atoms with Crippen LogP contribution in [0.3, 0.4) is 0 Å². The van der Waals surface area contributed by atoms with Crippen molar-refractivity contribution in [2.24, 2.45) is 0 Å². The SMILES string of the molecule is COC(=O)Cc1cc([N+](=O)[O-])c(Oc2ccc(OC)cc2)c([N+](=O)[O-])c1. The molecule has 10 nitrogen and oxygen atoms in total. The highest BCUT2D eigenvalue weighted by Gasteiger charge is 2.29. The van der Waals surface area contributed by atoms with Crippen molar-refractivity contribution in [1.82, 2.24) is 0 Å². The number of rotatable bonds is 7. The molecule has 0 aliphatic carbocycles. The lowest BCUT2D eigenvalue weighted by Gasteiger charge is -2.09. The van der Waals surface area contributed by atoms with E-state index >= 15 is 0 Å². The van der Waals surface area contributed by atoms with Crippen molar-refractivity contribution < 1.29 is 28.9 Å². The van der Waals surface area contributed by atoms with Gasteiger partial charge in [-0.1, -0.05) is 0 Å². The van der Waals surface area contributed by atoms with Gasteiger partial charge in [-0.2, -0.15) is 0 Å². The van der Waals surface area contributed by atoms with Gasteiger partial charge in [0.2, 0.25) is 0 Å². The number of carbonyl (C=O) groups excluding carboxylic acids is 1. The Hall–Kier alpha value is -3.69. The van der Waals surface area contributed by atoms with Crippen LogP contribution in [0.2, 0.25) is 0 Å². The van der Waals surface area contributed by atoms with Gasteiger partial charge in [-0.05, 0) is 29.8 Å². The second-order valence-electron chi connectivity index (χ2n) is 5.01. The first-order valence-corrected chi connectivity index (χ1v) is 7.20. The number of benzene rings is 2. The van der Waals surface area contributed by atoms with Crippen molar-refractivity contribution in [2.75, 3.05) is 14.2 Å². The molecule has 26 heavy (non-hydrogen) atoms. The van der Waals surface area contributed by atoms with E-state index in [0.29, 0.717) is 5.75 Å². The second-order valence-corrected chi connectivity index (χ2v) is 5.01. The molecule has 0 atom stereocenters. The molecule has 0 amide bonds. The predicted octanol–water partition coefficient (Wildman–Crippen LogP) is 3.02. The Morgan fingerprint density at radius 1 is 0.962 bits per heavy atom. The van der Waals surface area contributed by atoms with Gasteiger partial charge in [0.1, 0.15) is 11.5 Å². The van der Waals surface area contributed by atoms with Crippen LogP contribution in [-0.4, -0.2) is 30.0 Å². The quantitative estimate of drug-likeness (QED) is 0.417. The third kappa shape index (κ3) is 4.23. The van der Waals surface area contributed by atoms with Crippen LogP contribution in [0.5, 0.6) is 17.2 Å². The van der Waals surface area contributed by atoms with Crippen LogP contribution in [0.4, 0.5) is 11.4 Å². The lowest BCUT2D eigenvalue weighted by molar-refractivity contribution is -0.395. The number of nitro groups is 2. The first kappa shape index (κ1) is 18.6. The molecule has 0 bridgehead atoms. The molecule has 0 aliphatic heterocycles. The Bertz CT molecular complexity index is 813. The van der Waals surface area contributed by atoms with Crippen LogP contribution in [0.1, 0.15) is 5.56 Å². The second kappa shape index (κ2) is 7.92. The lowest BCUT2D eigenvalue weighted by atomic mass is 10.1. The minimum absolute atomic E-state index is 0.0670. The molecule has 2 rings (SSSR count). The zero-order valence-electron chi connectivity index (χ0n) is 13.8. The summed E-state index contributed by atoms with van der Waals surface area (Å²) in [6, 6.07) is 8.08. The van der Waals surface area contributed by atoms with E-state index in [-0.39, 0.29) is 17.7 Å². The van der Waals surface area contributed by atoms with Crippen LogP contribution in [0, 0.1) is 20.2 Å². The number of hydrogen-bond donors (Lipinski definition) is 0. The fraction of sp³-hybridized carbons (Fsp3) is 0.188. The third-order valence-electron chi connectivity index (χ3n) is 3.36. The largest absolute Gasteiger partial charge is 0.497 e. The van der Waals surface area contributed by atoms with Gasteiger partial charge in [-0.3, -0.25) is 25.0 Å². The van der Waals surface area contributed by atoms with Crippen molar-refractivity contribution >= 4 is 17.3 Å². The molecular weight excluding hydrogens is 348 g/mol. The van der Waals surface area contributed by atoms with Crippen LogP contribution in [-0.2, 0) is 16.0 Å². The molecule has 0 heterocycles. The van der Waals surface area contributed by atoms with Crippen LogP contribution >= 0.6 is 0 Å². The van der Waals surface area contributed by atoms with Crippen molar-refractivity contribution in [1.29, 1.82) is 0 Å². The number of carbonyl (C=O) groups is 1. The zero-order chi connectivity index (χ0) is 19.3. The Morgan fingerprint density at radius 2 is 1.46 bits per heavy atom. The molecule has 0 N–H and O–H groups in total. The standard InChI is InChI=1S/C16H14N2O8/c1-24-11-3-5-12(6-4-11)26-16-13(17(20)21)7-10(9-15(19)25-2)8-14(16)18(22)23/h3-8H,9H2,1-2H3. The highest BCUT2D eigenvalue weighted by Crippen LogP contribution is 2.41. The molecule has 10 heteroatoms. The van der Waals surface area contributed by atoms with Crippen molar-refractivity contribution in [3.05, 3.63) is 62.2 Å². The first-order chi connectivity index (χ1) is 12.3. The van der Waals surface area contributed by atoms with Gasteiger partial charge in [0.25, 0.3) is 5.75 Å². The van der Waals surface area contributed by atoms with E-state index in [1.54, 1.807) is 12.1 Å². The Labute approximate surface area is 147 Å².